The highest BCUT2D eigenvalue weighted by molar-refractivity contribution is 6.13. The van der Waals surface area contributed by atoms with Crippen LogP contribution < -0.4 is 0 Å². The van der Waals surface area contributed by atoms with Gasteiger partial charge in [0.25, 0.3) is 0 Å². The number of carbonyl (C=O) groups is 1. The second kappa shape index (κ2) is 2.56. The Bertz CT molecular complexity index is 282. The summed E-state index contributed by atoms with van der Waals surface area (Å²) in [6, 6.07) is 0. The van der Waals surface area contributed by atoms with E-state index in [1.165, 1.54) is 0 Å². The van der Waals surface area contributed by atoms with Crippen LogP contribution in [0.1, 0.15) is 20.8 Å². The molecule has 0 atom stereocenters. The molecular formula is C10H14O2. The monoisotopic (exact) mass is 166 g/mol. The van der Waals surface area contributed by atoms with Crippen molar-refractivity contribution >= 4 is 5.78 Å². The molecule has 1 N–H and O–H groups in total. The standard InChI is InChI=1S/C10H14O2/c1-6-8(5-11)9(12)7(2)10(6,3)4/h11H,2,5H2,1,3-4H3. The quantitative estimate of drug-likeness (QED) is 0.599. The summed E-state index contributed by atoms with van der Waals surface area (Å²) in [7, 11) is 0. The Balaban J connectivity index is 3.24. The van der Waals surface area contributed by atoms with Crippen LogP contribution in [0.4, 0.5) is 0 Å². The lowest BCUT2D eigenvalue weighted by Crippen LogP contribution is -2.13. The van der Waals surface area contributed by atoms with Gasteiger partial charge >= 0.3 is 0 Å². The van der Waals surface area contributed by atoms with Gasteiger partial charge in [-0.3, -0.25) is 4.79 Å². The van der Waals surface area contributed by atoms with Gasteiger partial charge in [0.05, 0.1) is 6.61 Å². The highest BCUT2D eigenvalue weighted by Crippen LogP contribution is 2.42. The fraction of sp³-hybridized carbons (Fsp3) is 0.500. The van der Waals surface area contributed by atoms with E-state index in [0.29, 0.717) is 11.1 Å². The molecule has 0 amide bonds. The molecule has 0 spiro atoms. The van der Waals surface area contributed by atoms with Gasteiger partial charge in [0.2, 0.25) is 0 Å². The first-order valence-electron chi connectivity index (χ1n) is 3.98. The second-order valence-electron chi connectivity index (χ2n) is 3.69. The molecule has 0 aliphatic heterocycles. The van der Waals surface area contributed by atoms with Crippen LogP contribution in [0, 0.1) is 5.41 Å². The van der Waals surface area contributed by atoms with Crippen molar-refractivity contribution in [2.24, 2.45) is 5.41 Å². The molecule has 0 aromatic carbocycles. The zero-order chi connectivity index (χ0) is 9.52. The van der Waals surface area contributed by atoms with Crippen LogP contribution in [0.3, 0.4) is 0 Å². The first kappa shape index (κ1) is 9.20. The number of allylic oxidation sites excluding steroid dienone is 2. The zero-order valence-electron chi connectivity index (χ0n) is 7.77. The molecule has 66 valence electrons. The Morgan fingerprint density at radius 3 is 2.17 bits per heavy atom. The van der Waals surface area contributed by atoms with E-state index in [4.69, 9.17) is 5.11 Å². The molecular weight excluding hydrogens is 152 g/mol. The fourth-order valence-corrected chi connectivity index (χ4v) is 1.43. The van der Waals surface area contributed by atoms with Crippen LogP contribution in [-0.2, 0) is 4.79 Å². The molecule has 1 aliphatic carbocycles. The van der Waals surface area contributed by atoms with Crippen molar-refractivity contribution in [3.63, 3.8) is 0 Å². The summed E-state index contributed by atoms with van der Waals surface area (Å²) >= 11 is 0. The summed E-state index contributed by atoms with van der Waals surface area (Å²) in [6.07, 6.45) is 0. The van der Waals surface area contributed by atoms with Crippen LogP contribution in [-0.4, -0.2) is 17.5 Å². The lowest BCUT2D eigenvalue weighted by molar-refractivity contribution is -0.112. The van der Waals surface area contributed by atoms with E-state index in [0.717, 1.165) is 5.57 Å². The van der Waals surface area contributed by atoms with E-state index < -0.39 is 0 Å². The fourth-order valence-electron chi connectivity index (χ4n) is 1.43. The van der Waals surface area contributed by atoms with E-state index in [2.05, 4.69) is 6.58 Å². The number of hydrogen-bond donors (Lipinski definition) is 1. The summed E-state index contributed by atoms with van der Waals surface area (Å²) < 4.78 is 0. The van der Waals surface area contributed by atoms with E-state index in [1.54, 1.807) is 0 Å². The molecule has 1 aliphatic rings. The molecule has 1 rings (SSSR count). The van der Waals surface area contributed by atoms with E-state index >= 15 is 0 Å². The maximum absolute atomic E-state index is 11.4. The maximum Gasteiger partial charge on any atom is 0.187 e. The molecule has 0 radical (unpaired) electrons. The molecule has 0 bridgehead atoms. The summed E-state index contributed by atoms with van der Waals surface area (Å²) in [6.45, 7) is 9.34. The summed E-state index contributed by atoms with van der Waals surface area (Å²) in [5.41, 5.74) is 1.78. The Labute approximate surface area is 72.6 Å². The molecule has 0 saturated heterocycles. The molecule has 0 fully saturated rings. The van der Waals surface area contributed by atoms with Gasteiger partial charge in [-0.2, -0.15) is 0 Å². The van der Waals surface area contributed by atoms with Crippen LogP contribution in [0.5, 0.6) is 0 Å². The van der Waals surface area contributed by atoms with Crippen LogP contribution in [0.15, 0.2) is 23.3 Å². The molecule has 0 unspecified atom stereocenters. The third kappa shape index (κ3) is 0.950. The van der Waals surface area contributed by atoms with Gasteiger partial charge in [-0.15, -0.1) is 0 Å². The number of aliphatic hydroxyl groups excluding tert-OH is 1. The first-order chi connectivity index (χ1) is 5.42. The third-order valence-electron chi connectivity index (χ3n) is 2.85. The second-order valence-corrected chi connectivity index (χ2v) is 3.69. The summed E-state index contributed by atoms with van der Waals surface area (Å²) in [5.74, 6) is -0.0833. The average Bonchev–Trinajstić information content (AvgIpc) is 2.15. The van der Waals surface area contributed by atoms with Crippen LogP contribution in [0.25, 0.3) is 0 Å². The summed E-state index contributed by atoms with van der Waals surface area (Å²) in [4.78, 5) is 11.4. The van der Waals surface area contributed by atoms with Gasteiger partial charge in [-0.25, -0.2) is 0 Å². The van der Waals surface area contributed by atoms with Gasteiger partial charge in [0.1, 0.15) is 0 Å². The Morgan fingerprint density at radius 2 is 2.00 bits per heavy atom. The molecule has 0 saturated carbocycles. The van der Waals surface area contributed by atoms with Crippen molar-refractivity contribution in [1.82, 2.24) is 0 Å². The minimum absolute atomic E-state index is 0.0833. The van der Waals surface area contributed by atoms with Crippen molar-refractivity contribution in [2.45, 2.75) is 20.8 Å². The van der Waals surface area contributed by atoms with Gasteiger partial charge < -0.3 is 5.11 Å². The number of rotatable bonds is 1. The van der Waals surface area contributed by atoms with Crippen LogP contribution >= 0.6 is 0 Å². The van der Waals surface area contributed by atoms with Gasteiger partial charge in [0.15, 0.2) is 5.78 Å². The van der Waals surface area contributed by atoms with Crippen molar-refractivity contribution in [1.29, 1.82) is 0 Å². The number of Topliss-reactive ketones (excluding diaryl/α,β-unsaturated/α-hetero) is 1. The minimum atomic E-state index is -0.269. The zero-order valence-corrected chi connectivity index (χ0v) is 7.77. The Hall–Kier alpha value is -0.890. The number of carbonyl (C=O) groups excluding carboxylic acids is 1. The van der Waals surface area contributed by atoms with Gasteiger partial charge in [-0.1, -0.05) is 26.0 Å². The lowest BCUT2D eigenvalue weighted by Gasteiger charge is -2.20. The highest BCUT2D eigenvalue weighted by atomic mass is 16.3. The molecule has 0 aromatic heterocycles. The smallest absolute Gasteiger partial charge is 0.187 e. The minimum Gasteiger partial charge on any atom is -0.392 e. The number of hydrogen-bond acceptors (Lipinski definition) is 2. The topological polar surface area (TPSA) is 37.3 Å². The molecule has 12 heavy (non-hydrogen) atoms. The van der Waals surface area contributed by atoms with Gasteiger partial charge in [-0.05, 0) is 6.92 Å². The van der Waals surface area contributed by atoms with Crippen LogP contribution in [0.2, 0.25) is 0 Å². The normalized spacial score (nSPS) is 22.3. The molecule has 0 aromatic rings. The van der Waals surface area contributed by atoms with Crippen molar-refractivity contribution < 1.29 is 9.90 Å². The first-order valence-corrected chi connectivity index (χ1v) is 3.98. The lowest BCUT2D eigenvalue weighted by atomic mass is 9.83. The SMILES string of the molecule is C=C1C(=O)C(CO)=C(C)C1(C)C. The summed E-state index contributed by atoms with van der Waals surface area (Å²) in [5, 5.41) is 8.94. The molecule has 2 nitrogen and oxygen atoms in total. The number of ketones is 1. The predicted octanol–water partition coefficient (Wildman–Crippen LogP) is 1.46. The van der Waals surface area contributed by atoms with E-state index in [9.17, 15) is 4.79 Å². The maximum atomic E-state index is 11.4. The predicted molar refractivity (Wildman–Crippen MR) is 47.7 cm³/mol. The van der Waals surface area contributed by atoms with E-state index in [1.807, 2.05) is 20.8 Å². The largest absolute Gasteiger partial charge is 0.392 e. The van der Waals surface area contributed by atoms with Crippen molar-refractivity contribution in [3.05, 3.63) is 23.3 Å². The van der Waals surface area contributed by atoms with Crippen molar-refractivity contribution in [3.8, 4) is 0 Å². The molecule has 0 heterocycles. The number of aliphatic hydroxyl groups is 1. The van der Waals surface area contributed by atoms with Crippen molar-refractivity contribution in [2.75, 3.05) is 6.61 Å². The highest BCUT2D eigenvalue weighted by Gasteiger charge is 2.38. The van der Waals surface area contributed by atoms with E-state index in [-0.39, 0.29) is 17.8 Å². The molecule has 2 heteroatoms. The Morgan fingerprint density at radius 1 is 1.50 bits per heavy atom. The Kier molecular flexibility index (Phi) is 1.96. The van der Waals surface area contributed by atoms with Gasteiger partial charge in [0, 0.05) is 16.6 Å². The average molecular weight is 166 g/mol. The third-order valence-corrected chi connectivity index (χ3v) is 2.85.